The van der Waals surface area contributed by atoms with Gasteiger partial charge in [-0.15, -0.1) is 0 Å². The number of rotatable bonds is 4. The van der Waals surface area contributed by atoms with Crippen LogP contribution in [0.2, 0.25) is 0 Å². The summed E-state index contributed by atoms with van der Waals surface area (Å²) in [6, 6.07) is 5.18. The van der Waals surface area contributed by atoms with Crippen molar-refractivity contribution in [1.82, 2.24) is 24.5 Å². The second-order valence-electron chi connectivity index (χ2n) is 7.12. The van der Waals surface area contributed by atoms with Gasteiger partial charge in [-0.3, -0.25) is 14.3 Å². The summed E-state index contributed by atoms with van der Waals surface area (Å²) in [5.74, 6) is -0.790. The molecule has 0 spiro atoms. The molecule has 1 aromatic carbocycles. The van der Waals surface area contributed by atoms with E-state index in [1.54, 1.807) is 28.8 Å². The van der Waals surface area contributed by atoms with Crippen LogP contribution in [0.3, 0.4) is 0 Å². The minimum Gasteiger partial charge on any atom is -0.383 e. The Morgan fingerprint density at radius 1 is 1.21 bits per heavy atom. The Morgan fingerprint density at radius 2 is 1.97 bits per heavy atom. The summed E-state index contributed by atoms with van der Waals surface area (Å²) >= 11 is 0. The molecule has 8 nitrogen and oxygen atoms in total. The number of amides is 1. The Morgan fingerprint density at radius 3 is 2.66 bits per heavy atom. The Kier molecular flexibility index (Phi) is 4.65. The van der Waals surface area contributed by atoms with Gasteiger partial charge in [0.2, 0.25) is 0 Å². The van der Waals surface area contributed by atoms with Gasteiger partial charge in [0.1, 0.15) is 11.6 Å². The van der Waals surface area contributed by atoms with Crippen LogP contribution in [0.4, 0.5) is 10.2 Å². The standard InChI is InChI=1S/C20H21FN6O2/c1-12-15(10-23-25(12)2)20(29)26-8-4-7-17(26)18(28)16-11-24-27(19(16)22)14-6-3-5-13(21)9-14/h3,5-6,9-11,17H,4,7-8,22H2,1-2H3/t17-/m1/s1. The lowest BCUT2D eigenvalue weighted by Crippen LogP contribution is -2.40. The highest BCUT2D eigenvalue weighted by molar-refractivity contribution is 6.07. The smallest absolute Gasteiger partial charge is 0.257 e. The van der Waals surface area contributed by atoms with Gasteiger partial charge in [-0.2, -0.15) is 10.2 Å². The van der Waals surface area contributed by atoms with Crippen molar-refractivity contribution < 1.29 is 14.0 Å². The van der Waals surface area contributed by atoms with E-state index < -0.39 is 11.9 Å². The molecule has 3 heterocycles. The van der Waals surface area contributed by atoms with E-state index in [9.17, 15) is 14.0 Å². The van der Waals surface area contributed by atoms with Crippen LogP contribution < -0.4 is 5.73 Å². The summed E-state index contributed by atoms with van der Waals surface area (Å²) in [7, 11) is 1.76. The number of nitrogen functional groups attached to an aromatic ring is 1. The van der Waals surface area contributed by atoms with Gasteiger partial charge >= 0.3 is 0 Å². The van der Waals surface area contributed by atoms with Crippen LogP contribution in [-0.4, -0.2) is 48.7 Å². The number of aromatic nitrogens is 4. The molecule has 1 atom stereocenters. The van der Waals surface area contributed by atoms with Gasteiger partial charge in [-0.05, 0) is 38.0 Å². The molecule has 0 aliphatic carbocycles. The van der Waals surface area contributed by atoms with Gasteiger partial charge in [0.15, 0.2) is 5.78 Å². The Labute approximate surface area is 166 Å². The third-order valence-corrected chi connectivity index (χ3v) is 5.41. The number of Topliss-reactive ketones (excluding diaryl/α,β-unsaturated/α-hetero) is 1. The second kappa shape index (κ2) is 7.16. The summed E-state index contributed by atoms with van der Waals surface area (Å²) < 4.78 is 16.5. The average Bonchev–Trinajstić information content (AvgIpc) is 3.41. The highest BCUT2D eigenvalue weighted by Gasteiger charge is 2.37. The fraction of sp³-hybridized carbons (Fsp3) is 0.300. The molecule has 150 valence electrons. The summed E-state index contributed by atoms with van der Waals surface area (Å²) in [4.78, 5) is 27.8. The first-order valence-electron chi connectivity index (χ1n) is 9.31. The van der Waals surface area contributed by atoms with Crippen LogP contribution in [0.5, 0.6) is 0 Å². The zero-order chi connectivity index (χ0) is 20.7. The minimum atomic E-state index is -0.616. The number of hydrogen-bond acceptors (Lipinski definition) is 5. The number of nitrogens with two attached hydrogens (primary N) is 1. The molecule has 4 rings (SSSR count). The van der Waals surface area contributed by atoms with E-state index in [0.717, 1.165) is 12.1 Å². The molecule has 3 aromatic rings. The third-order valence-electron chi connectivity index (χ3n) is 5.41. The number of benzene rings is 1. The Balaban J connectivity index is 1.62. The van der Waals surface area contributed by atoms with Gasteiger partial charge < -0.3 is 10.6 Å². The SMILES string of the molecule is Cc1c(C(=O)N2CCC[C@@H]2C(=O)c2cnn(-c3cccc(F)c3)c2N)cnn1C. The summed E-state index contributed by atoms with van der Waals surface area (Å²) in [6.45, 7) is 2.30. The summed E-state index contributed by atoms with van der Waals surface area (Å²) in [5.41, 5.74) is 8.03. The number of ketones is 1. The zero-order valence-electron chi connectivity index (χ0n) is 16.2. The molecule has 9 heteroatoms. The maximum absolute atomic E-state index is 13.5. The van der Waals surface area contributed by atoms with Crippen LogP contribution >= 0.6 is 0 Å². The van der Waals surface area contributed by atoms with E-state index >= 15 is 0 Å². The fourth-order valence-corrected chi connectivity index (χ4v) is 3.69. The molecule has 1 saturated heterocycles. The highest BCUT2D eigenvalue weighted by Crippen LogP contribution is 2.27. The fourth-order valence-electron chi connectivity index (χ4n) is 3.69. The van der Waals surface area contributed by atoms with E-state index in [2.05, 4.69) is 10.2 Å². The largest absolute Gasteiger partial charge is 0.383 e. The molecule has 2 N–H and O–H groups in total. The molecule has 2 aromatic heterocycles. The van der Waals surface area contributed by atoms with Crippen molar-refractivity contribution >= 4 is 17.5 Å². The molecule has 0 saturated carbocycles. The monoisotopic (exact) mass is 396 g/mol. The van der Waals surface area contributed by atoms with Crippen LogP contribution in [0, 0.1) is 12.7 Å². The summed E-state index contributed by atoms with van der Waals surface area (Å²) in [5, 5.41) is 8.27. The molecule has 1 amide bonds. The van der Waals surface area contributed by atoms with Crippen molar-refractivity contribution in [3.63, 3.8) is 0 Å². The molecule has 1 aliphatic rings. The van der Waals surface area contributed by atoms with Gasteiger partial charge in [-0.25, -0.2) is 9.07 Å². The van der Waals surface area contributed by atoms with Crippen LogP contribution in [-0.2, 0) is 7.05 Å². The molecule has 0 bridgehead atoms. The van der Waals surface area contributed by atoms with Crippen LogP contribution in [0.15, 0.2) is 36.7 Å². The van der Waals surface area contributed by atoms with E-state index in [1.807, 2.05) is 6.92 Å². The van der Waals surface area contributed by atoms with Crippen LogP contribution in [0.1, 0.15) is 39.3 Å². The normalized spacial score (nSPS) is 16.4. The van der Waals surface area contributed by atoms with Crippen molar-refractivity contribution in [3.05, 3.63) is 59.3 Å². The van der Waals surface area contributed by atoms with Crippen LogP contribution in [0.25, 0.3) is 5.69 Å². The minimum absolute atomic E-state index is 0.123. The third kappa shape index (κ3) is 3.18. The highest BCUT2D eigenvalue weighted by atomic mass is 19.1. The average molecular weight is 396 g/mol. The molecule has 29 heavy (non-hydrogen) atoms. The lowest BCUT2D eigenvalue weighted by Gasteiger charge is -2.23. The molecule has 1 fully saturated rings. The van der Waals surface area contributed by atoms with Crippen molar-refractivity contribution in [2.75, 3.05) is 12.3 Å². The van der Waals surface area contributed by atoms with Gasteiger partial charge in [0.05, 0.1) is 35.2 Å². The second-order valence-corrected chi connectivity index (χ2v) is 7.12. The molecule has 0 unspecified atom stereocenters. The maximum Gasteiger partial charge on any atom is 0.257 e. The number of anilines is 1. The molecular formula is C20H21FN6O2. The predicted octanol–water partition coefficient (Wildman–Crippen LogP) is 2.12. The van der Waals surface area contributed by atoms with E-state index in [1.165, 1.54) is 29.2 Å². The Hall–Kier alpha value is -3.49. The number of aryl methyl sites for hydroxylation is 1. The molecule has 1 aliphatic heterocycles. The van der Waals surface area contributed by atoms with Gasteiger partial charge in [0.25, 0.3) is 5.91 Å². The zero-order valence-corrected chi connectivity index (χ0v) is 16.2. The number of likely N-dealkylation sites (tertiary alicyclic amines) is 1. The maximum atomic E-state index is 13.5. The van der Waals surface area contributed by atoms with Crippen molar-refractivity contribution in [2.24, 2.45) is 7.05 Å². The van der Waals surface area contributed by atoms with Crippen molar-refractivity contribution in [3.8, 4) is 5.69 Å². The van der Waals surface area contributed by atoms with Gasteiger partial charge in [0, 0.05) is 19.3 Å². The molecular weight excluding hydrogens is 375 g/mol. The quantitative estimate of drug-likeness (QED) is 0.681. The number of halogens is 1. The number of nitrogens with zero attached hydrogens (tertiary/aromatic N) is 5. The van der Waals surface area contributed by atoms with Crippen molar-refractivity contribution in [2.45, 2.75) is 25.8 Å². The van der Waals surface area contributed by atoms with E-state index in [0.29, 0.717) is 24.2 Å². The number of carbonyl (C=O) groups is 2. The van der Waals surface area contributed by atoms with Crippen molar-refractivity contribution in [1.29, 1.82) is 0 Å². The van der Waals surface area contributed by atoms with E-state index in [-0.39, 0.29) is 23.1 Å². The summed E-state index contributed by atoms with van der Waals surface area (Å²) in [6.07, 6.45) is 4.17. The first-order chi connectivity index (χ1) is 13.9. The topological polar surface area (TPSA) is 99.0 Å². The number of carbonyl (C=O) groups excluding carboxylic acids is 2. The molecule has 0 radical (unpaired) electrons. The lowest BCUT2D eigenvalue weighted by atomic mass is 10.0. The lowest BCUT2D eigenvalue weighted by molar-refractivity contribution is 0.0671. The Bertz CT molecular complexity index is 1100. The predicted molar refractivity (Wildman–Crippen MR) is 104 cm³/mol. The van der Waals surface area contributed by atoms with E-state index in [4.69, 9.17) is 5.73 Å². The number of hydrogen-bond donors (Lipinski definition) is 1. The first kappa shape index (κ1) is 18.9. The van der Waals surface area contributed by atoms with Gasteiger partial charge in [-0.1, -0.05) is 6.07 Å². The first-order valence-corrected chi connectivity index (χ1v) is 9.31.